The van der Waals surface area contributed by atoms with Crippen molar-refractivity contribution < 1.29 is 14.6 Å². The number of ether oxygens (including phenoxy) is 1. The molecule has 1 heterocycles. The van der Waals surface area contributed by atoms with Crippen LogP contribution in [0.5, 0.6) is 11.5 Å². The minimum absolute atomic E-state index is 0.694. The quantitative estimate of drug-likeness (QED) is 0.684. The van der Waals surface area contributed by atoms with Crippen molar-refractivity contribution in [3.8, 4) is 11.5 Å². The Morgan fingerprint density at radius 3 is 2.65 bits per heavy atom. The summed E-state index contributed by atoms with van der Waals surface area (Å²) >= 11 is 4.85. The van der Waals surface area contributed by atoms with Crippen LogP contribution in [0.2, 0.25) is 0 Å². The van der Waals surface area contributed by atoms with E-state index in [-0.39, 0.29) is 0 Å². The van der Waals surface area contributed by atoms with E-state index in [2.05, 4.69) is 15.9 Å². The van der Waals surface area contributed by atoms with Crippen LogP contribution in [0.4, 0.5) is 0 Å². The highest BCUT2D eigenvalue weighted by Crippen LogP contribution is 2.48. The highest BCUT2D eigenvalue weighted by molar-refractivity contribution is 9.10. The number of carbonyl (C=O) groups is 1. The number of alkyl halides is 1. The van der Waals surface area contributed by atoms with Gasteiger partial charge >= 0.3 is 5.97 Å². The summed E-state index contributed by atoms with van der Waals surface area (Å²) in [7, 11) is 0. The molecule has 1 unspecified atom stereocenters. The van der Waals surface area contributed by atoms with Crippen molar-refractivity contribution in [3.05, 3.63) is 48.0 Å². The molecule has 0 fully saturated rings. The predicted octanol–water partition coefficient (Wildman–Crippen LogP) is 4.64. The van der Waals surface area contributed by atoms with Gasteiger partial charge in [0.15, 0.2) is 0 Å². The van der Waals surface area contributed by atoms with Gasteiger partial charge in [-0.3, -0.25) is 4.79 Å². The van der Waals surface area contributed by atoms with Crippen molar-refractivity contribution in [2.75, 3.05) is 0 Å². The zero-order valence-electron chi connectivity index (χ0n) is 10.6. The molecule has 3 nitrogen and oxygen atoms in total. The maximum atomic E-state index is 11.3. The van der Waals surface area contributed by atoms with Crippen LogP contribution < -0.4 is 4.74 Å². The monoisotopic (exact) mass is 350 g/mol. The van der Waals surface area contributed by atoms with E-state index in [0.717, 1.165) is 21.3 Å². The molecule has 3 rings (SSSR count). The zero-order chi connectivity index (χ0) is 14.3. The average Bonchev–Trinajstić information content (AvgIpc) is 2.44. The summed E-state index contributed by atoms with van der Waals surface area (Å²) in [6.07, 6.45) is 0. The average molecular weight is 351 g/mol. The number of hydrogen-bond acceptors (Lipinski definition) is 3. The Bertz CT molecular complexity index is 697. The third-order valence-electron chi connectivity index (χ3n) is 3.18. The Morgan fingerprint density at radius 1 is 1.20 bits per heavy atom. The van der Waals surface area contributed by atoms with Crippen LogP contribution >= 0.6 is 27.7 Å². The van der Waals surface area contributed by atoms with Crippen molar-refractivity contribution in [3.63, 3.8) is 0 Å². The number of carboxylic acid groups (broad SMARTS) is 1. The minimum Gasteiger partial charge on any atom is -0.480 e. The molecule has 0 bridgehead atoms. The van der Waals surface area contributed by atoms with Gasteiger partial charge in [0.2, 0.25) is 0 Å². The summed E-state index contributed by atoms with van der Waals surface area (Å²) in [5.41, 5.74) is 0.694. The lowest BCUT2D eigenvalue weighted by atomic mass is 10.0. The second kappa shape index (κ2) is 4.82. The van der Waals surface area contributed by atoms with Crippen LogP contribution in [0.3, 0.4) is 0 Å². The standard InChI is InChI=1S/C15H11BrO3S/c1-15(16,14(17)18)9-6-7-11-13(8-9)20-12-5-3-2-4-10(12)19-11/h2-8H,1H3,(H,17,18). The van der Waals surface area contributed by atoms with Gasteiger partial charge in [-0.15, -0.1) is 0 Å². The number of aliphatic carboxylic acids is 1. The Hall–Kier alpha value is -1.46. The molecule has 0 radical (unpaired) electrons. The highest BCUT2D eigenvalue weighted by Gasteiger charge is 2.33. The maximum absolute atomic E-state index is 11.3. The van der Waals surface area contributed by atoms with Crippen LogP contribution in [-0.2, 0) is 9.12 Å². The molecule has 0 saturated carbocycles. The van der Waals surface area contributed by atoms with Gasteiger partial charge < -0.3 is 9.84 Å². The smallest absolute Gasteiger partial charge is 0.324 e. The molecule has 20 heavy (non-hydrogen) atoms. The molecule has 0 aromatic heterocycles. The molecule has 2 aromatic carbocycles. The van der Waals surface area contributed by atoms with Gasteiger partial charge in [0.25, 0.3) is 0 Å². The van der Waals surface area contributed by atoms with Gasteiger partial charge in [-0.1, -0.05) is 45.9 Å². The summed E-state index contributed by atoms with van der Waals surface area (Å²) in [4.78, 5) is 13.3. The first-order valence-corrected chi connectivity index (χ1v) is 7.61. The Balaban J connectivity index is 2.02. The van der Waals surface area contributed by atoms with Gasteiger partial charge in [0, 0.05) is 0 Å². The molecule has 1 atom stereocenters. The summed E-state index contributed by atoms with van der Waals surface area (Å²) in [6, 6.07) is 13.2. The first-order chi connectivity index (χ1) is 9.48. The van der Waals surface area contributed by atoms with E-state index >= 15 is 0 Å². The van der Waals surface area contributed by atoms with E-state index in [9.17, 15) is 9.90 Å². The van der Waals surface area contributed by atoms with Crippen molar-refractivity contribution in [1.29, 1.82) is 0 Å². The molecule has 0 saturated heterocycles. The molecule has 1 aliphatic rings. The summed E-state index contributed by atoms with van der Waals surface area (Å²) in [6.45, 7) is 1.62. The molecule has 102 valence electrons. The Kier molecular flexibility index (Phi) is 3.26. The lowest BCUT2D eigenvalue weighted by Crippen LogP contribution is -2.25. The van der Waals surface area contributed by atoms with E-state index in [1.54, 1.807) is 24.8 Å². The predicted molar refractivity (Wildman–Crippen MR) is 81.0 cm³/mol. The van der Waals surface area contributed by atoms with E-state index in [1.807, 2.05) is 36.4 Å². The van der Waals surface area contributed by atoms with Crippen LogP contribution in [0.15, 0.2) is 52.3 Å². The molecule has 0 amide bonds. The summed E-state index contributed by atoms with van der Waals surface area (Å²) in [5.74, 6) is 0.670. The first-order valence-electron chi connectivity index (χ1n) is 6.00. The molecular weight excluding hydrogens is 340 g/mol. The summed E-state index contributed by atoms with van der Waals surface area (Å²) in [5, 5.41) is 9.27. The van der Waals surface area contributed by atoms with Crippen LogP contribution in [0.1, 0.15) is 12.5 Å². The largest absolute Gasteiger partial charge is 0.480 e. The SMILES string of the molecule is CC(Br)(C(=O)O)c1ccc2c(c1)Sc1ccccc1O2. The van der Waals surface area contributed by atoms with Gasteiger partial charge in [0.05, 0.1) is 9.79 Å². The maximum Gasteiger partial charge on any atom is 0.324 e. The third-order valence-corrected chi connectivity index (χ3v) is 5.07. The van der Waals surface area contributed by atoms with Crippen LogP contribution in [0.25, 0.3) is 0 Å². The van der Waals surface area contributed by atoms with Gasteiger partial charge in [-0.2, -0.15) is 0 Å². The molecule has 0 spiro atoms. The number of rotatable bonds is 2. The van der Waals surface area contributed by atoms with Crippen molar-refractivity contribution in [2.45, 2.75) is 21.0 Å². The normalized spacial score (nSPS) is 15.5. The molecule has 1 N–H and O–H groups in total. The van der Waals surface area contributed by atoms with Crippen LogP contribution in [0, 0.1) is 0 Å². The van der Waals surface area contributed by atoms with E-state index in [1.165, 1.54) is 0 Å². The number of para-hydroxylation sites is 1. The fraction of sp³-hybridized carbons (Fsp3) is 0.133. The van der Waals surface area contributed by atoms with Gasteiger partial charge in [-0.25, -0.2) is 0 Å². The lowest BCUT2D eigenvalue weighted by molar-refractivity contribution is -0.139. The highest BCUT2D eigenvalue weighted by atomic mass is 79.9. The number of benzene rings is 2. The van der Waals surface area contributed by atoms with E-state index in [0.29, 0.717) is 5.56 Å². The number of fused-ring (bicyclic) bond motifs is 2. The second-order valence-electron chi connectivity index (χ2n) is 4.62. The Morgan fingerprint density at radius 2 is 1.90 bits per heavy atom. The molecule has 2 aromatic rings. The van der Waals surface area contributed by atoms with Gasteiger partial charge in [0.1, 0.15) is 15.8 Å². The number of carboxylic acids is 1. The summed E-state index contributed by atoms with van der Waals surface area (Å²) < 4.78 is 4.72. The van der Waals surface area contributed by atoms with E-state index in [4.69, 9.17) is 4.74 Å². The fourth-order valence-electron chi connectivity index (χ4n) is 1.94. The minimum atomic E-state index is -1.10. The van der Waals surface area contributed by atoms with E-state index < -0.39 is 10.3 Å². The van der Waals surface area contributed by atoms with Crippen molar-refractivity contribution in [1.82, 2.24) is 0 Å². The van der Waals surface area contributed by atoms with Gasteiger partial charge in [-0.05, 0) is 36.8 Å². The molecular formula is C15H11BrO3S. The molecule has 5 heteroatoms. The topological polar surface area (TPSA) is 46.5 Å². The zero-order valence-corrected chi connectivity index (χ0v) is 13.0. The van der Waals surface area contributed by atoms with Crippen molar-refractivity contribution >= 4 is 33.7 Å². The number of halogens is 1. The number of hydrogen-bond donors (Lipinski definition) is 1. The van der Waals surface area contributed by atoms with Crippen molar-refractivity contribution in [2.24, 2.45) is 0 Å². The fourth-order valence-corrected chi connectivity index (χ4v) is 3.18. The lowest BCUT2D eigenvalue weighted by Gasteiger charge is -2.23. The Labute approximate surface area is 129 Å². The molecule has 1 aliphatic heterocycles. The third kappa shape index (κ3) is 2.21. The molecule has 0 aliphatic carbocycles. The van der Waals surface area contributed by atoms with Crippen LogP contribution in [-0.4, -0.2) is 11.1 Å². The first kappa shape index (κ1) is 13.5. The second-order valence-corrected chi connectivity index (χ2v) is 7.29.